The Morgan fingerprint density at radius 2 is 1.88 bits per heavy atom. The maximum atomic E-state index is 13.4. The molecule has 0 unspecified atom stereocenters. The lowest BCUT2D eigenvalue weighted by atomic mass is 10.1. The number of thiazole rings is 1. The van der Waals surface area contributed by atoms with E-state index in [1.165, 1.54) is 6.92 Å². The zero-order valence-electron chi connectivity index (χ0n) is 18.1. The molecule has 164 valence electrons. The van der Waals surface area contributed by atoms with Crippen LogP contribution >= 0.6 is 11.3 Å². The van der Waals surface area contributed by atoms with E-state index in [-0.39, 0.29) is 11.7 Å². The lowest BCUT2D eigenvalue weighted by Gasteiger charge is -2.07. The number of hydrogen-bond donors (Lipinski definition) is 1. The number of hydrogen-bond acceptors (Lipinski definition) is 7. The van der Waals surface area contributed by atoms with Crippen LogP contribution in [0.2, 0.25) is 0 Å². The molecule has 1 amide bonds. The number of Topliss-reactive ketones (excluding diaryl/α,β-unsaturated/α-hetero) is 1. The van der Waals surface area contributed by atoms with Crippen molar-refractivity contribution in [1.29, 1.82) is 0 Å². The lowest BCUT2D eigenvalue weighted by Crippen LogP contribution is -2.13. The maximum Gasteiger partial charge on any atom is 0.258 e. The summed E-state index contributed by atoms with van der Waals surface area (Å²) in [5, 5.41) is 8.29. The van der Waals surface area contributed by atoms with Crippen LogP contribution in [0.4, 0.5) is 5.13 Å². The molecule has 0 aliphatic rings. The molecule has 1 N–H and O–H groups in total. The molecule has 0 aliphatic heterocycles. The fourth-order valence-electron chi connectivity index (χ4n) is 3.74. The monoisotopic (exact) mass is 457 g/mol. The summed E-state index contributed by atoms with van der Waals surface area (Å²) < 4.78 is 7.13. The smallest absolute Gasteiger partial charge is 0.258 e. The number of aryl methyl sites for hydroxylation is 2. The van der Waals surface area contributed by atoms with E-state index in [0.717, 1.165) is 16.9 Å². The highest BCUT2D eigenvalue weighted by Crippen LogP contribution is 2.33. The van der Waals surface area contributed by atoms with Crippen LogP contribution < -0.4 is 5.32 Å². The molecule has 4 aromatic heterocycles. The Bertz CT molecular complexity index is 1500. The van der Waals surface area contributed by atoms with Gasteiger partial charge in [-0.05, 0) is 25.1 Å². The first-order chi connectivity index (χ1) is 15.9. The third-order valence-corrected chi connectivity index (χ3v) is 6.27. The van der Waals surface area contributed by atoms with Gasteiger partial charge in [0.05, 0.1) is 33.5 Å². The summed E-state index contributed by atoms with van der Waals surface area (Å²) in [4.78, 5) is 35.3. The molecular weight excluding hydrogens is 438 g/mol. The predicted octanol–water partition coefficient (Wildman–Crippen LogP) is 5.12. The lowest BCUT2D eigenvalue weighted by molar-refractivity contribution is 0.101. The molecule has 0 radical (unpaired) electrons. The van der Waals surface area contributed by atoms with Crippen molar-refractivity contribution in [3.05, 3.63) is 70.9 Å². The first kappa shape index (κ1) is 20.8. The van der Waals surface area contributed by atoms with Gasteiger partial charge in [-0.25, -0.2) is 9.97 Å². The number of amides is 1. The Balaban J connectivity index is 1.58. The van der Waals surface area contributed by atoms with Crippen LogP contribution in [0, 0.1) is 6.92 Å². The topological polar surface area (TPSA) is 103 Å². The minimum absolute atomic E-state index is 0.110. The summed E-state index contributed by atoms with van der Waals surface area (Å²) in [6.07, 6.45) is 1.55. The van der Waals surface area contributed by atoms with E-state index in [0.29, 0.717) is 49.4 Å². The van der Waals surface area contributed by atoms with Crippen molar-refractivity contribution in [3.8, 4) is 22.7 Å². The van der Waals surface area contributed by atoms with E-state index in [2.05, 4.69) is 20.4 Å². The zero-order chi connectivity index (χ0) is 23.1. The number of ketones is 1. The van der Waals surface area contributed by atoms with Crippen molar-refractivity contribution in [2.45, 2.75) is 13.8 Å². The fraction of sp³-hybridized carbons (Fsp3) is 0.125. The Morgan fingerprint density at radius 1 is 1.09 bits per heavy atom. The summed E-state index contributed by atoms with van der Waals surface area (Å²) >= 11 is 1.15. The Kier molecular flexibility index (Phi) is 5.10. The van der Waals surface area contributed by atoms with Gasteiger partial charge in [0.25, 0.3) is 5.91 Å². The Hall–Kier alpha value is -4.11. The quantitative estimate of drug-likeness (QED) is 0.368. The van der Waals surface area contributed by atoms with Gasteiger partial charge in [0, 0.05) is 19.5 Å². The molecular formula is C24H19N5O3S. The largest absolute Gasteiger partial charge is 0.463 e. The Morgan fingerprint density at radius 3 is 2.58 bits per heavy atom. The van der Waals surface area contributed by atoms with Gasteiger partial charge in [0.2, 0.25) is 0 Å². The molecule has 0 aliphatic carbocycles. The second-order valence-electron chi connectivity index (χ2n) is 7.51. The van der Waals surface area contributed by atoms with Gasteiger partial charge < -0.3 is 4.42 Å². The molecule has 0 bridgehead atoms. The summed E-state index contributed by atoms with van der Waals surface area (Å²) in [6.45, 7) is 3.32. The van der Waals surface area contributed by atoms with Crippen molar-refractivity contribution < 1.29 is 14.0 Å². The molecule has 4 heterocycles. The zero-order valence-corrected chi connectivity index (χ0v) is 18.9. The predicted molar refractivity (Wildman–Crippen MR) is 126 cm³/mol. The minimum Gasteiger partial charge on any atom is -0.463 e. The van der Waals surface area contributed by atoms with E-state index in [9.17, 15) is 9.59 Å². The van der Waals surface area contributed by atoms with Crippen LogP contribution in [-0.4, -0.2) is 31.4 Å². The molecule has 9 heteroatoms. The highest BCUT2D eigenvalue weighted by atomic mass is 32.1. The van der Waals surface area contributed by atoms with Crippen LogP contribution in [0.3, 0.4) is 0 Å². The standard InChI is InChI=1S/C24H19N5O3S/c1-13-19-16(12-17(18-10-7-11-32-18)25-22(19)29(3)28-13)23(31)27-24-26-20(21(33-24)14(2)30)15-8-5-4-6-9-15/h4-12H,1-3H3,(H,26,27,31). The molecule has 5 aromatic rings. The number of nitrogens with one attached hydrogen (secondary N) is 1. The first-order valence-corrected chi connectivity index (χ1v) is 11.0. The van der Waals surface area contributed by atoms with Crippen LogP contribution in [0.15, 0.2) is 59.2 Å². The van der Waals surface area contributed by atoms with Crippen molar-refractivity contribution in [1.82, 2.24) is 19.7 Å². The molecule has 8 nitrogen and oxygen atoms in total. The minimum atomic E-state index is -0.366. The number of carbonyl (C=O) groups excluding carboxylic acids is 2. The van der Waals surface area contributed by atoms with Gasteiger partial charge in [-0.3, -0.25) is 19.6 Å². The summed E-state index contributed by atoms with van der Waals surface area (Å²) in [5.74, 6) is 0.0698. The summed E-state index contributed by atoms with van der Waals surface area (Å²) in [5.41, 5.74) is 3.54. The SMILES string of the molecule is CC(=O)c1sc(NC(=O)c2cc(-c3ccco3)nc3c2c(C)nn3C)nc1-c1ccccc1. The van der Waals surface area contributed by atoms with Gasteiger partial charge in [-0.15, -0.1) is 0 Å². The molecule has 0 spiro atoms. The second kappa shape index (κ2) is 8.10. The van der Waals surface area contributed by atoms with Gasteiger partial charge in [-0.1, -0.05) is 41.7 Å². The number of carbonyl (C=O) groups is 2. The molecule has 0 fully saturated rings. The van der Waals surface area contributed by atoms with Gasteiger partial charge >= 0.3 is 0 Å². The molecule has 0 atom stereocenters. The maximum absolute atomic E-state index is 13.4. The van der Waals surface area contributed by atoms with E-state index in [1.807, 2.05) is 37.3 Å². The number of benzene rings is 1. The molecule has 1 aromatic carbocycles. The molecule has 0 saturated heterocycles. The van der Waals surface area contributed by atoms with Crippen LogP contribution in [0.1, 0.15) is 32.6 Å². The van der Waals surface area contributed by atoms with Gasteiger partial charge in [0.15, 0.2) is 22.3 Å². The number of rotatable bonds is 5. The van der Waals surface area contributed by atoms with Crippen LogP contribution in [0.25, 0.3) is 33.7 Å². The Labute approximate surface area is 192 Å². The van der Waals surface area contributed by atoms with Gasteiger partial charge in [0.1, 0.15) is 5.69 Å². The highest BCUT2D eigenvalue weighted by molar-refractivity contribution is 7.18. The number of fused-ring (bicyclic) bond motifs is 1. The van der Waals surface area contributed by atoms with E-state index >= 15 is 0 Å². The average Bonchev–Trinajstić information content (AvgIpc) is 3.54. The summed E-state index contributed by atoms with van der Waals surface area (Å²) in [7, 11) is 1.78. The van der Waals surface area contributed by atoms with Crippen molar-refractivity contribution >= 4 is 39.2 Å². The highest BCUT2D eigenvalue weighted by Gasteiger charge is 2.23. The summed E-state index contributed by atoms with van der Waals surface area (Å²) in [6, 6.07) is 14.7. The van der Waals surface area contributed by atoms with Crippen molar-refractivity contribution in [2.24, 2.45) is 7.05 Å². The molecule has 5 rings (SSSR count). The van der Waals surface area contributed by atoms with E-state index < -0.39 is 0 Å². The van der Waals surface area contributed by atoms with Gasteiger partial charge in [-0.2, -0.15) is 5.10 Å². The van der Waals surface area contributed by atoms with Crippen molar-refractivity contribution in [3.63, 3.8) is 0 Å². The number of aromatic nitrogens is 4. The fourth-order valence-corrected chi connectivity index (χ4v) is 4.62. The first-order valence-electron chi connectivity index (χ1n) is 10.2. The van der Waals surface area contributed by atoms with Crippen molar-refractivity contribution in [2.75, 3.05) is 5.32 Å². The van der Waals surface area contributed by atoms with E-state index in [4.69, 9.17) is 4.42 Å². The van der Waals surface area contributed by atoms with Crippen LogP contribution in [0.5, 0.6) is 0 Å². The third-order valence-electron chi connectivity index (χ3n) is 5.20. The second-order valence-corrected chi connectivity index (χ2v) is 8.51. The third kappa shape index (κ3) is 3.72. The number of anilines is 1. The van der Waals surface area contributed by atoms with Crippen LogP contribution in [-0.2, 0) is 7.05 Å². The number of furan rings is 1. The van der Waals surface area contributed by atoms with E-state index in [1.54, 1.807) is 36.2 Å². The average molecular weight is 458 g/mol. The molecule has 33 heavy (non-hydrogen) atoms. The number of pyridine rings is 1. The number of nitrogens with zero attached hydrogens (tertiary/aromatic N) is 4. The molecule has 0 saturated carbocycles. The normalized spacial score (nSPS) is 11.1.